The van der Waals surface area contributed by atoms with Crippen LogP contribution in [0.1, 0.15) is 6.92 Å². The van der Waals surface area contributed by atoms with Gasteiger partial charge in [-0.25, -0.2) is 0 Å². The number of fused-ring (bicyclic) bond motifs is 9. The fourth-order valence-corrected chi connectivity index (χ4v) is 9.27. The summed E-state index contributed by atoms with van der Waals surface area (Å²) < 4.78 is 16.1. The molecule has 4 nitrogen and oxygen atoms in total. The monoisotopic (exact) mass is 878 g/mol. The first kappa shape index (κ1) is 43.1. The molecular formula is C64H50N2O2. The maximum Gasteiger partial charge on any atom is 0.135 e. The molecule has 0 amide bonds. The smallest absolute Gasteiger partial charge is 0.135 e. The first-order valence-corrected chi connectivity index (χ1v) is 22.8. The zero-order valence-corrected chi connectivity index (χ0v) is 38.1. The number of hydrogen-bond acceptors (Lipinski definition) is 2. The summed E-state index contributed by atoms with van der Waals surface area (Å²) in [7, 11) is 0. The molecule has 0 spiro atoms. The maximum atomic E-state index is 6.41. The van der Waals surface area contributed by atoms with Crippen molar-refractivity contribution in [2.75, 3.05) is 6.61 Å². The van der Waals surface area contributed by atoms with Crippen molar-refractivity contribution < 1.29 is 9.15 Å². The highest BCUT2D eigenvalue weighted by molar-refractivity contribution is 6.12. The van der Waals surface area contributed by atoms with Crippen molar-refractivity contribution in [3.05, 3.63) is 257 Å². The molecule has 328 valence electrons. The minimum atomic E-state index is 0.505. The minimum Gasteiger partial charge on any atom is -0.490 e. The van der Waals surface area contributed by atoms with Gasteiger partial charge < -0.3 is 18.3 Å². The molecule has 4 heteroatoms. The van der Waals surface area contributed by atoms with Gasteiger partial charge in [0.05, 0.1) is 22.1 Å². The Kier molecular flexibility index (Phi) is 12.0. The number of benzene rings is 9. The van der Waals surface area contributed by atoms with E-state index in [-0.39, 0.29) is 0 Å². The lowest BCUT2D eigenvalue weighted by atomic mass is 9.97. The number of rotatable bonds is 9. The predicted octanol–water partition coefficient (Wildman–Crippen LogP) is 17.9. The van der Waals surface area contributed by atoms with Crippen LogP contribution >= 0.6 is 0 Å². The van der Waals surface area contributed by atoms with Crippen molar-refractivity contribution in [2.24, 2.45) is 0 Å². The molecule has 0 fully saturated rings. The third-order valence-electron chi connectivity index (χ3n) is 12.3. The van der Waals surface area contributed by atoms with Crippen molar-refractivity contribution in [2.45, 2.75) is 6.92 Å². The molecule has 68 heavy (non-hydrogen) atoms. The largest absolute Gasteiger partial charge is 0.490 e. The summed E-state index contributed by atoms with van der Waals surface area (Å²) >= 11 is 0. The van der Waals surface area contributed by atoms with Gasteiger partial charge in [-0.05, 0) is 125 Å². The molecule has 3 heterocycles. The Labute approximate surface area is 396 Å². The number of aromatic nitrogens is 2. The van der Waals surface area contributed by atoms with Crippen LogP contribution in [0.2, 0.25) is 0 Å². The van der Waals surface area contributed by atoms with Gasteiger partial charge in [-0.1, -0.05) is 159 Å². The van der Waals surface area contributed by atoms with Crippen LogP contribution in [-0.2, 0) is 4.74 Å². The highest BCUT2D eigenvalue weighted by Gasteiger charge is 2.17. The summed E-state index contributed by atoms with van der Waals surface area (Å²) in [6, 6.07) is 74.5. The fraction of sp³-hybridized carbons (Fsp3) is 0.0312. The van der Waals surface area contributed by atoms with E-state index in [2.05, 4.69) is 242 Å². The third kappa shape index (κ3) is 8.10. The highest BCUT2D eigenvalue weighted by Crippen LogP contribution is 2.39. The molecule has 0 aliphatic carbocycles. The first-order chi connectivity index (χ1) is 33.5. The van der Waals surface area contributed by atoms with Crippen molar-refractivity contribution >= 4 is 65.6 Å². The van der Waals surface area contributed by atoms with Crippen LogP contribution in [0.5, 0.6) is 0 Å². The van der Waals surface area contributed by atoms with E-state index in [1.54, 1.807) is 18.2 Å². The lowest BCUT2D eigenvalue weighted by molar-refractivity contribution is 0.264. The number of allylic oxidation sites excluding steroid dienone is 2. The maximum absolute atomic E-state index is 6.41. The van der Waals surface area contributed by atoms with E-state index in [4.69, 9.17) is 9.15 Å². The highest BCUT2D eigenvalue weighted by atomic mass is 16.5. The van der Waals surface area contributed by atoms with Crippen molar-refractivity contribution in [3.8, 4) is 44.8 Å². The standard InChI is InChI=1S/C54H34N2O.C7H10O.C3H6/c1-2-12-35(13-3-1)39-24-27-52-46(32-39)45-20-6-9-23-51(45)55(52)41-17-11-16-38(31-41)36-14-10-15-37(30-36)40-25-28-53-47(33-40)48-34-42(26-29-54(48)57-53)56-49-21-7-4-18-43(49)44-19-5-8-22-50(44)56;1-4-6-8-7(3)5-2;1-3-2/h1-34H;4-5H,1-3,6H2;3H,1H2,2H3. The fourth-order valence-electron chi connectivity index (χ4n) is 9.27. The molecule has 0 saturated heterocycles. The van der Waals surface area contributed by atoms with Crippen LogP contribution < -0.4 is 0 Å². The van der Waals surface area contributed by atoms with Gasteiger partial charge in [-0.3, -0.25) is 0 Å². The molecule has 0 aliphatic rings. The summed E-state index contributed by atoms with van der Waals surface area (Å²) in [5.41, 5.74) is 15.9. The zero-order valence-electron chi connectivity index (χ0n) is 38.1. The van der Waals surface area contributed by atoms with Gasteiger partial charge in [0.1, 0.15) is 23.5 Å². The topological polar surface area (TPSA) is 32.2 Å². The van der Waals surface area contributed by atoms with E-state index < -0.39 is 0 Å². The molecule has 9 aromatic carbocycles. The van der Waals surface area contributed by atoms with Gasteiger partial charge in [-0.2, -0.15) is 0 Å². The van der Waals surface area contributed by atoms with Crippen LogP contribution in [0.4, 0.5) is 0 Å². The van der Waals surface area contributed by atoms with Gasteiger partial charge in [0.2, 0.25) is 0 Å². The minimum absolute atomic E-state index is 0.505. The summed E-state index contributed by atoms with van der Waals surface area (Å²) in [5.74, 6) is 0.588. The lowest BCUT2D eigenvalue weighted by Gasteiger charge is -2.12. The van der Waals surface area contributed by atoms with Crippen molar-refractivity contribution in [1.82, 2.24) is 9.13 Å². The van der Waals surface area contributed by atoms with Crippen LogP contribution in [0.3, 0.4) is 0 Å². The summed E-state index contributed by atoms with van der Waals surface area (Å²) in [6.07, 6.45) is 4.97. The second kappa shape index (κ2) is 18.9. The Hall–Kier alpha value is -8.86. The summed E-state index contributed by atoms with van der Waals surface area (Å²) in [4.78, 5) is 0. The molecule has 12 rings (SSSR count). The number of ether oxygens (including phenoxy) is 1. The SMILES string of the molecule is C=CC.C=CCOC(=C)C=C.c1ccc(-c2ccc3c(c2)c2ccccc2n3-c2cccc(-c3cccc(-c4ccc5oc6ccc(-n7c8ccccc8c8ccccc87)cc6c5c4)c3)c2)cc1. The molecule has 0 atom stereocenters. The second-order valence-electron chi connectivity index (χ2n) is 16.6. The summed E-state index contributed by atoms with van der Waals surface area (Å²) in [6.45, 7) is 16.2. The van der Waals surface area contributed by atoms with E-state index in [1.165, 1.54) is 65.9 Å². The van der Waals surface area contributed by atoms with Gasteiger partial charge in [-0.15, -0.1) is 6.58 Å². The third-order valence-corrected chi connectivity index (χ3v) is 12.3. The van der Waals surface area contributed by atoms with Crippen LogP contribution in [0.15, 0.2) is 261 Å². The quantitative estimate of drug-likeness (QED) is 0.0822. The Morgan fingerprint density at radius 1 is 0.426 bits per heavy atom. The van der Waals surface area contributed by atoms with E-state index in [9.17, 15) is 0 Å². The molecule has 0 aliphatic heterocycles. The molecule has 12 aromatic rings. The van der Waals surface area contributed by atoms with Crippen molar-refractivity contribution in [1.29, 1.82) is 0 Å². The number of nitrogens with zero attached hydrogens (tertiary/aromatic N) is 2. The summed E-state index contributed by atoms with van der Waals surface area (Å²) in [5, 5.41) is 7.23. The Morgan fingerprint density at radius 3 is 1.49 bits per heavy atom. The van der Waals surface area contributed by atoms with E-state index >= 15 is 0 Å². The molecule has 3 aromatic heterocycles. The molecule has 0 bridgehead atoms. The molecule has 0 unspecified atom stereocenters. The van der Waals surface area contributed by atoms with E-state index in [0.29, 0.717) is 12.4 Å². The van der Waals surface area contributed by atoms with Gasteiger partial charge in [0.25, 0.3) is 0 Å². The Bertz CT molecular complexity index is 3790. The Balaban J connectivity index is 0.000000443. The molecule has 0 radical (unpaired) electrons. The van der Waals surface area contributed by atoms with Gasteiger partial charge in [0.15, 0.2) is 0 Å². The first-order valence-electron chi connectivity index (χ1n) is 22.8. The number of furan rings is 1. The van der Waals surface area contributed by atoms with Crippen molar-refractivity contribution in [3.63, 3.8) is 0 Å². The number of para-hydroxylation sites is 3. The average molecular weight is 879 g/mol. The normalized spacial score (nSPS) is 11.0. The Morgan fingerprint density at radius 2 is 0.868 bits per heavy atom. The van der Waals surface area contributed by atoms with Gasteiger partial charge in [0, 0.05) is 43.7 Å². The van der Waals surface area contributed by atoms with Crippen LogP contribution in [0.25, 0.3) is 110 Å². The van der Waals surface area contributed by atoms with Crippen LogP contribution in [0, 0.1) is 0 Å². The van der Waals surface area contributed by atoms with E-state index in [0.717, 1.165) is 44.4 Å². The zero-order chi connectivity index (χ0) is 46.6. The second-order valence-corrected chi connectivity index (χ2v) is 16.6. The van der Waals surface area contributed by atoms with Crippen LogP contribution in [-0.4, -0.2) is 15.7 Å². The molecular weight excluding hydrogens is 829 g/mol. The molecule has 0 N–H and O–H groups in total. The number of hydrogen-bond donors (Lipinski definition) is 0. The lowest BCUT2D eigenvalue weighted by Crippen LogP contribution is -1.94. The average Bonchev–Trinajstić information content (AvgIpc) is 4.05. The predicted molar refractivity (Wildman–Crippen MR) is 290 cm³/mol. The van der Waals surface area contributed by atoms with Gasteiger partial charge >= 0.3 is 0 Å². The van der Waals surface area contributed by atoms with E-state index in [1.807, 2.05) is 6.92 Å². The molecule has 0 saturated carbocycles.